The molecule has 4 nitrogen and oxygen atoms in total. The smallest absolute Gasteiger partial charge is 0.240 e. The highest BCUT2D eigenvalue weighted by molar-refractivity contribution is 7.89. The zero-order valence-corrected chi connectivity index (χ0v) is 10.0. The van der Waals surface area contributed by atoms with Crippen LogP contribution in [0.2, 0.25) is 10.0 Å². The van der Waals surface area contributed by atoms with Crippen LogP contribution in [0.4, 0.5) is 0 Å². The first kappa shape index (κ1) is 12.7. The Morgan fingerprint density at radius 1 is 1.20 bits per heavy atom. The molecule has 0 aliphatic heterocycles. The summed E-state index contributed by atoms with van der Waals surface area (Å²) in [6.45, 7) is 0.403. The molecule has 0 heterocycles. The van der Waals surface area contributed by atoms with Crippen LogP contribution in [-0.2, 0) is 10.0 Å². The fourth-order valence-electron chi connectivity index (χ4n) is 0.960. The molecule has 15 heavy (non-hydrogen) atoms. The van der Waals surface area contributed by atoms with Crippen molar-refractivity contribution >= 4 is 33.2 Å². The molecule has 0 saturated carbocycles. The second kappa shape index (κ2) is 5.14. The topological polar surface area (TPSA) is 72.2 Å². The molecular weight excluding hydrogens is 259 g/mol. The van der Waals surface area contributed by atoms with Crippen LogP contribution in [0, 0.1) is 0 Å². The van der Waals surface area contributed by atoms with E-state index in [1.807, 2.05) is 0 Å². The van der Waals surface area contributed by atoms with Gasteiger partial charge in [0.15, 0.2) is 0 Å². The molecule has 0 bridgehead atoms. The van der Waals surface area contributed by atoms with E-state index in [1.165, 1.54) is 18.2 Å². The van der Waals surface area contributed by atoms with Crippen LogP contribution in [-0.4, -0.2) is 21.5 Å². The highest BCUT2D eigenvalue weighted by Crippen LogP contribution is 2.21. The normalized spacial score (nSPS) is 11.7. The van der Waals surface area contributed by atoms with Gasteiger partial charge in [0.1, 0.15) is 0 Å². The number of halogens is 2. The first-order chi connectivity index (χ1) is 6.95. The quantitative estimate of drug-likeness (QED) is 0.863. The Morgan fingerprint density at radius 3 is 2.20 bits per heavy atom. The number of nitrogens with one attached hydrogen (secondary N) is 1. The maximum Gasteiger partial charge on any atom is 0.240 e. The summed E-state index contributed by atoms with van der Waals surface area (Å²) in [6, 6.07) is 4.11. The van der Waals surface area contributed by atoms with E-state index in [0.717, 1.165) is 0 Å². The van der Waals surface area contributed by atoms with Crippen molar-refractivity contribution in [2.24, 2.45) is 5.73 Å². The Balaban J connectivity index is 3.04. The van der Waals surface area contributed by atoms with Crippen LogP contribution in [0.15, 0.2) is 23.1 Å². The first-order valence-corrected chi connectivity index (χ1v) is 6.35. The predicted octanol–water partition coefficient (Wildman–Crippen LogP) is 1.23. The molecule has 0 atom stereocenters. The van der Waals surface area contributed by atoms with Crippen molar-refractivity contribution in [3.8, 4) is 0 Å². The van der Waals surface area contributed by atoms with Crippen molar-refractivity contribution in [2.45, 2.75) is 4.90 Å². The fraction of sp³-hybridized carbons (Fsp3) is 0.250. The van der Waals surface area contributed by atoms with Gasteiger partial charge in [0.05, 0.1) is 4.90 Å². The number of hydrogen-bond acceptors (Lipinski definition) is 3. The van der Waals surface area contributed by atoms with E-state index in [2.05, 4.69) is 4.72 Å². The van der Waals surface area contributed by atoms with Crippen LogP contribution in [0.5, 0.6) is 0 Å². The molecule has 0 fully saturated rings. The average molecular weight is 269 g/mol. The van der Waals surface area contributed by atoms with Crippen LogP contribution in [0.25, 0.3) is 0 Å². The van der Waals surface area contributed by atoms with Crippen molar-refractivity contribution < 1.29 is 8.42 Å². The third kappa shape index (κ3) is 3.62. The summed E-state index contributed by atoms with van der Waals surface area (Å²) in [5, 5.41) is 0.547. The molecule has 1 aromatic carbocycles. The van der Waals surface area contributed by atoms with Crippen molar-refractivity contribution in [3.05, 3.63) is 28.2 Å². The molecule has 0 aliphatic rings. The second-order valence-corrected chi connectivity index (χ2v) is 5.43. The standard InChI is InChI=1S/C8H10Cl2N2O2S/c9-6-3-7(10)5-8(4-6)15(13,14)12-2-1-11/h3-5,12H,1-2,11H2. The molecule has 0 radical (unpaired) electrons. The largest absolute Gasteiger partial charge is 0.329 e. The van der Waals surface area contributed by atoms with Gasteiger partial charge in [-0.2, -0.15) is 0 Å². The Labute approximate surface area is 98.4 Å². The van der Waals surface area contributed by atoms with E-state index in [1.54, 1.807) is 0 Å². The van der Waals surface area contributed by atoms with Crippen LogP contribution >= 0.6 is 23.2 Å². The third-order valence-electron chi connectivity index (χ3n) is 1.58. The number of hydrogen-bond donors (Lipinski definition) is 2. The van der Waals surface area contributed by atoms with Gasteiger partial charge in [-0.1, -0.05) is 23.2 Å². The summed E-state index contributed by atoms with van der Waals surface area (Å²) < 4.78 is 25.5. The van der Waals surface area contributed by atoms with Crippen molar-refractivity contribution in [1.29, 1.82) is 0 Å². The van der Waals surface area contributed by atoms with E-state index >= 15 is 0 Å². The van der Waals surface area contributed by atoms with Crippen molar-refractivity contribution in [3.63, 3.8) is 0 Å². The Bertz CT molecular complexity index is 428. The van der Waals surface area contributed by atoms with Gasteiger partial charge in [0.2, 0.25) is 10.0 Å². The van der Waals surface area contributed by atoms with Crippen LogP contribution in [0.1, 0.15) is 0 Å². The zero-order valence-electron chi connectivity index (χ0n) is 7.70. The second-order valence-electron chi connectivity index (χ2n) is 2.79. The van der Waals surface area contributed by atoms with Crippen LogP contribution in [0.3, 0.4) is 0 Å². The predicted molar refractivity (Wildman–Crippen MR) is 60.7 cm³/mol. The minimum absolute atomic E-state index is 0.0356. The van der Waals surface area contributed by atoms with Crippen molar-refractivity contribution in [1.82, 2.24) is 4.72 Å². The lowest BCUT2D eigenvalue weighted by atomic mass is 10.4. The molecular formula is C8H10Cl2N2O2S. The molecule has 0 spiro atoms. The minimum atomic E-state index is -3.57. The fourth-order valence-corrected chi connectivity index (χ4v) is 2.73. The molecule has 7 heteroatoms. The summed E-state index contributed by atoms with van der Waals surface area (Å²) >= 11 is 11.4. The van der Waals surface area contributed by atoms with Crippen LogP contribution < -0.4 is 10.5 Å². The van der Waals surface area contributed by atoms with Gasteiger partial charge in [-0.05, 0) is 18.2 Å². The van der Waals surface area contributed by atoms with Gasteiger partial charge in [-0.3, -0.25) is 0 Å². The van der Waals surface area contributed by atoms with Crippen molar-refractivity contribution in [2.75, 3.05) is 13.1 Å². The van der Waals surface area contributed by atoms with Gasteiger partial charge in [-0.25, -0.2) is 13.1 Å². The number of rotatable bonds is 4. The Hall–Kier alpha value is -0.330. The monoisotopic (exact) mass is 268 g/mol. The molecule has 0 saturated heterocycles. The third-order valence-corrected chi connectivity index (χ3v) is 3.46. The maximum atomic E-state index is 11.6. The molecule has 0 amide bonds. The van der Waals surface area contributed by atoms with E-state index in [0.29, 0.717) is 0 Å². The van der Waals surface area contributed by atoms with E-state index in [4.69, 9.17) is 28.9 Å². The molecule has 84 valence electrons. The lowest BCUT2D eigenvalue weighted by Gasteiger charge is -2.06. The van der Waals surface area contributed by atoms with E-state index in [9.17, 15) is 8.42 Å². The SMILES string of the molecule is NCCNS(=O)(=O)c1cc(Cl)cc(Cl)c1. The molecule has 1 rings (SSSR count). The summed E-state index contributed by atoms with van der Waals surface area (Å²) in [5.74, 6) is 0. The number of nitrogens with two attached hydrogens (primary N) is 1. The number of benzene rings is 1. The van der Waals surface area contributed by atoms with Gasteiger partial charge in [0.25, 0.3) is 0 Å². The summed E-state index contributed by atoms with van der Waals surface area (Å²) in [5.41, 5.74) is 5.19. The first-order valence-electron chi connectivity index (χ1n) is 4.11. The highest BCUT2D eigenvalue weighted by atomic mass is 35.5. The maximum absolute atomic E-state index is 11.6. The summed E-state index contributed by atoms with van der Waals surface area (Å²) in [7, 11) is -3.57. The van der Waals surface area contributed by atoms with E-state index in [-0.39, 0.29) is 28.0 Å². The highest BCUT2D eigenvalue weighted by Gasteiger charge is 2.14. The minimum Gasteiger partial charge on any atom is -0.329 e. The molecule has 1 aromatic rings. The van der Waals surface area contributed by atoms with Gasteiger partial charge < -0.3 is 5.73 Å². The van der Waals surface area contributed by atoms with Gasteiger partial charge in [-0.15, -0.1) is 0 Å². The van der Waals surface area contributed by atoms with Gasteiger partial charge >= 0.3 is 0 Å². The zero-order chi connectivity index (χ0) is 11.5. The summed E-state index contributed by atoms with van der Waals surface area (Å²) in [6.07, 6.45) is 0. The Morgan fingerprint density at radius 2 is 1.73 bits per heavy atom. The number of sulfonamides is 1. The molecule has 0 aromatic heterocycles. The van der Waals surface area contributed by atoms with E-state index < -0.39 is 10.0 Å². The van der Waals surface area contributed by atoms with Gasteiger partial charge in [0, 0.05) is 23.1 Å². The lowest BCUT2D eigenvalue weighted by Crippen LogP contribution is -2.29. The Kier molecular flexibility index (Phi) is 4.36. The molecule has 3 N–H and O–H groups in total. The molecule has 0 aliphatic carbocycles. The average Bonchev–Trinajstić information content (AvgIpc) is 2.13. The lowest BCUT2D eigenvalue weighted by molar-refractivity contribution is 0.582. The summed E-state index contributed by atoms with van der Waals surface area (Å²) in [4.78, 5) is 0.0356. The molecule has 0 unspecified atom stereocenters.